The molecule has 0 aliphatic carbocycles. The van der Waals surface area contributed by atoms with Gasteiger partial charge in [0.2, 0.25) is 0 Å². The van der Waals surface area contributed by atoms with Crippen molar-refractivity contribution in [2.75, 3.05) is 0 Å². The van der Waals surface area contributed by atoms with Crippen molar-refractivity contribution < 1.29 is 20.1 Å². The number of pyridine rings is 1. The summed E-state index contributed by atoms with van der Waals surface area (Å²) in [6, 6.07) is 47.0. The van der Waals surface area contributed by atoms with Gasteiger partial charge >= 0.3 is 0 Å². The van der Waals surface area contributed by atoms with Gasteiger partial charge in [-0.2, -0.15) is 0 Å². The molecule has 3 nitrogen and oxygen atoms in total. The van der Waals surface area contributed by atoms with Crippen LogP contribution in [0.4, 0.5) is 0 Å². The van der Waals surface area contributed by atoms with Crippen LogP contribution in [-0.2, 0) is 20.1 Å². The molecule has 1 radical (unpaired) electrons. The monoisotopic (exact) mass is 790 g/mol. The molecule has 5 heteroatoms. The average molecular weight is 790 g/mol. The molecule has 0 bridgehead atoms. The molecule has 0 spiro atoms. The molecule has 0 N–H and O–H groups in total. The fourth-order valence-electron chi connectivity index (χ4n) is 5.86. The molecule has 46 heavy (non-hydrogen) atoms. The first-order valence-corrected chi connectivity index (χ1v) is 15.8. The van der Waals surface area contributed by atoms with Crippen molar-refractivity contribution in [1.29, 1.82) is 0 Å². The Balaban J connectivity index is 0.000000241. The summed E-state index contributed by atoms with van der Waals surface area (Å²) in [5, 5.41) is 4.78. The van der Waals surface area contributed by atoms with Crippen LogP contribution in [0.25, 0.3) is 60.6 Å². The van der Waals surface area contributed by atoms with Gasteiger partial charge in [-0.15, -0.1) is 47.3 Å². The summed E-state index contributed by atoms with van der Waals surface area (Å²) in [7, 11) is 0. The van der Waals surface area contributed by atoms with Crippen LogP contribution in [0.1, 0.15) is 16.7 Å². The molecule has 3 aromatic heterocycles. The Bertz CT molecular complexity index is 2180. The van der Waals surface area contributed by atoms with Crippen LogP contribution in [0.15, 0.2) is 134 Å². The number of fused-ring (bicyclic) bond motifs is 2. The van der Waals surface area contributed by atoms with Crippen LogP contribution in [-0.4, -0.2) is 14.5 Å². The number of imidazole rings is 1. The first kappa shape index (κ1) is 31.3. The Morgan fingerprint density at radius 1 is 0.696 bits per heavy atom. The number of aromatic nitrogens is 3. The molecule has 0 saturated heterocycles. The van der Waals surface area contributed by atoms with Gasteiger partial charge in [0.15, 0.2) is 0 Å². The normalized spacial score (nSPS) is 10.8. The molecule has 0 atom stereocenters. The van der Waals surface area contributed by atoms with Gasteiger partial charge in [-0.25, -0.2) is 0 Å². The first-order valence-electron chi connectivity index (χ1n) is 15.0. The Morgan fingerprint density at radius 3 is 2.17 bits per heavy atom. The number of nitrogens with zero attached hydrogens (tertiary/aromatic N) is 3. The van der Waals surface area contributed by atoms with E-state index in [9.17, 15) is 0 Å². The zero-order valence-corrected chi connectivity index (χ0v) is 29.0. The van der Waals surface area contributed by atoms with Crippen molar-refractivity contribution in [3.05, 3.63) is 162 Å². The molecule has 3 heterocycles. The second-order valence-corrected chi connectivity index (χ2v) is 12.0. The number of benzene rings is 5. The molecule has 0 aliphatic heterocycles. The maximum atomic E-state index is 5.11. The van der Waals surface area contributed by atoms with Crippen molar-refractivity contribution in [3.8, 4) is 39.5 Å². The maximum absolute atomic E-state index is 5.11. The number of aryl methyl sites for hydroxylation is 3. The Kier molecular flexibility index (Phi) is 9.37. The average Bonchev–Trinajstić information content (AvgIpc) is 3.67. The topological polar surface area (TPSA) is 30.7 Å². The van der Waals surface area contributed by atoms with Gasteiger partial charge in [0.05, 0.1) is 16.9 Å². The fraction of sp³-hybridized carbons (Fsp3) is 0.0732. The zero-order chi connectivity index (χ0) is 30.8. The molecular weight excluding hydrogens is 759 g/mol. The number of rotatable bonds is 4. The van der Waals surface area contributed by atoms with E-state index in [-0.39, 0.29) is 20.1 Å². The van der Waals surface area contributed by atoms with E-state index in [1.165, 1.54) is 43.6 Å². The third kappa shape index (κ3) is 6.23. The van der Waals surface area contributed by atoms with E-state index < -0.39 is 0 Å². The molecule has 8 rings (SSSR count). The summed E-state index contributed by atoms with van der Waals surface area (Å²) < 4.78 is 3.57. The van der Waals surface area contributed by atoms with Crippen molar-refractivity contribution >= 4 is 32.5 Å². The van der Waals surface area contributed by atoms with E-state index >= 15 is 0 Å². The van der Waals surface area contributed by atoms with E-state index in [0.717, 1.165) is 33.7 Å². The minimum absolute atomic E-state index is 0. The largest absolute Gasteiger partial charge is 0.333 e. The van der Waals surface area contributed by atoms with Crippen LogP contribution in [0.3, 0.4) is 0 Å². The SMILES string of the molecule is Cc1ccc2s[c-]c(-c3nc4ccccc4n3-c3c(C)cc(-c4ccccc4)cc3C)c2c1.[Ir].[c-]1ccccc1-c1ccccn1. The van der Waals surface area contributed by atoms with Gasteiger partial charge in [-0.1, -0.05) is 87.9 Å². The van der Waals surface area contributed by atoms with E-state index in [2.05, 4.69) is 127 Å². The predicted octanol–water partition coefficient (Wildman–Crippen LogP) is 10.8. The van der Waals surface area contributed by atoms with Crippen LogP contribution in [0.5, 0.6) is 0 Å². The minimum Gasteiger partial charge on any atom is -0.333 e. The fourth-order valence-corrected chi connectivity index (χ4v) is 6.68. The van der Waals surface area contributed by atoms with Gasteiger partial charge in [-0.05, 0) is 79.1 Å². The molecule has 0 fully saturated rings. The summed E-state index contributed by atoms with van der Waals surface area (Å²) >= 11 is 1.66. The third-order valence-electron chi connectivity index (χ3n) is 7.92. The Hall–Kier alpha value is -4.67. The van der Waals surface area contributed by atoms with Gasteiger partial charge < -0.3 is 9.55 Å². The summed E-state index contributed by atoms with van der Waals surface area (Å²) in [5.74, 6) is 0.951. The summed E-state index contributed by atoms with van der Waals surface area (Å²) in [5.41, 5.74) is 12.6. The van der Waals surface area contributed by atoms with Gasteiger partial charge in [0, 0.05) is 32.0 Å². The smallest absolute Gasteiger partial charge is 0.0774 e. The molecule has 0 saturated carbocycles. The van der Waals surface area contributed by atoms with Gasteiger partial charge in [0.1, 0.15) is 0 Å². The number of thiophene rings is 1. The quantitative estimate of drug-likeness (QED) is 0.166. The third-order valence-corrected chi connectivity index (χ3v) is 8.81. The molecule has 5 aromatic carbocycles. The summed E-state index contributed by atoms with van der Waals surface area (Å²) in [6.07, 6.45) is 1.79. The summed E-state index contributed by atoms with van der Waals surface area (Å²) in [6.45, 7) is 6.54. The summed E-state index contributed by atoms with van der Waals surface area (Å²) in [4.78, 5) is 9.33. The first-order chi connectivity index (χ1) is 22.1. The van der Waals surface area contributed by atoms with E-state index in [1.54, 1.807) is 17.5 Å². The van der Waals surface area contributed by atoms with E-state index in [0.29, 0.717) is 0 Å². The number of hydrogen-bond donors (Lipinski definition) is 0. The molecule has 0 unspecified atom stereocenters. The van der Waals surface area contributed by atoms with Crippen LogP contribution in [0.2, 0.25) is 0 Å². The Morgan fingerprint density at radius 2 is 1.43 bits per heavy atom. The minimum atomic E-state index is 0. The standard InChI is InChI=1S/C30H23N2S.C11H8N.Ir/c1-19-13-14-28-24(15-19)25(18-33-28)30-31-26-11-7-8-12-27(26)32(30)29-20(2)16-23(17-21(29)3)22-9-5-4-6-10-22;1-2-6-10(7-3-1)11-8-4-5-9-12-11;/h4-17H,1-3H3;1-6,8-9H;/q2*-1;. The maximum Gasteiger partial charge on any atom is 0.0774 e. The number of hydrogen-bond acceptors (Lipinski definition) is 3. The molecule has 0 amide bonds. The van der Waals surface area contributed by atoms with Crippen molar-refractivity contribution in [2.24, 2.45) is 0 Å². The van der Waals surface area contributed by atoms with Crippen LogP contribution >= 0.6 is 11.3 Å². The van der Waals surface area contributed by atoms with Gasteiger partial charge in [0.25, 0.3) is 0 Å². The molecule has 8 aromatic rings. The van der Waals surface area contributed by atoms with Crippen molar-refractivity contribution in [3.63, 3.8) is 0 Å². The molecule has 227 valence electrons. The van der Waals surface area contributed by atoms with Crippen molar-refractivity contribution in [1.82, 2.24) is 14.5 Å². The van der Waals surface area contributed by atoms with Crippen LogP contribution < -0.4 is 0 Å². The van der Waals surface area contributed by atoms with Gasteiger partial charge in [-0.3, -0.25) is 16.3 Å². The van der Waals surface area contributed by atoms with E-state index in [4.69, 9.17) is 4.98 Å². The Labute approximate surface area is 287 Å². The second kappa shape index (κ2) is 13.8. The predicted molar refractivity (Wildman–Crippen MR) is 189 cm³/mol. The molecular formula is C41H31IrN3S-2. The second-order valence-electron chi connectivity index (χ2n) is 11.2. The molecule has 0 aliphatic rings. The van der Waals surface area contributed by atoms with Crippen LogP contribution in [0, 0.1) is 32.2 Å². The van der Waals surface area contributed by atoms with Crippen molar-refractivity contribution in [2.45, 2.75) is 20.8 Å². The van der Waals surface area contributed by atoms with E-state index in [1.807, 2.05) is 42.5 Å². The zero-order valence-electron chi connectivity index (χ0n) is 25.8. The number of para-hydroxylation sites is 2.